The Bertz CT molecular complexity index is 218. The largest absolute Gasteiger partial charge is 0.0683 e. The molecule has 5 atom stereocenters. The highest BCUT2D eigenvalue weighted by Gasteiger charge is 2.59. The second-order valence-corrected chi connectivity index (χ2v) is 6.32. The molecule has 3 saturated carbocycles. The molecule has 0 amide bonds. The third-order valence-electron chi connectivity index (χ3n) is 5.95. The molecule has 0 aliphatic heterocycles. The molecule has 0 N–H and O–H groups in total. The van der Waals surface area contributed by atoms with Crippen LogP contribution in [0, 0.1) is 35.0 Å². The normalized spacial score (nSPS) is 41.0. The lowest BCUT2D eigenvalue weighted by molar-refractivity contribution is -0.166. The van der Waals surface area contributed by atoms with Gasteiger partial charge in [0.05, 0.1) is 0 Å². The Labute approximate surface area is 117 Å². The number of rotatable bonds is 2. The van der Waals surface area contributed by atoms with Gasteiger partial charge >= 0.3 is 0 Å². The van der Waals surface area contributed by atoms with E-state index in [4.69, 9.17) is 0 Å². The fraction of sp³-hybridized carbons (Fsp3) is 1.00. The molecule has 0 saturated heterocycles. The highest BCUT2D eigenvalue weighted by molar-refractivity contribution is 5.07. The summed E-state index contributed by atoms with van der Waals surface area (Å²) in [6.07, 6.45) is 4.46. The van der Waals surface area contributed by atoms with Crippen LogP contribution in [0.3, 0.4) is 0 Å². The van der Waals surface area contributed by atoms with Gasteiger partial charge in [-0.1, -0.05) is 68.7 Å². The minimum Gasteiger partial charge on any atom is -0.0683 e. The predicted octanol–water partition coefficient (Wildman–Crippen LogP) is 6.40. The first kappa shape index (κ1) is 18.0. The number of fused-ring (bicyclic) bond motifs is 2. The van der Waals surface area contributed by atoms with Crippen molar-refractivity contribution < 1.29 is 0 Å². The number of hydrogen-bond acceptors (Lipinski definition) is 0. The quantitative estimate of drug-likeness (QED) is 0.534. The van der Waals surface area contributed by atoms with Crippen LogP contribution in [0.5, 0.6) is 0 Å². The van der Waals surface area contributed by atoms with E-state index in [1.165, 1.54) is 19.3 Å². The average Bonchev–Trinajstić information content (AvgIpc) is 2.41. The van der Waals surface area contributed by atoms with E-state index in [2.05, 4.69) is 34.6 Å². The molecule has 0 aromatic rings. The standard InChI is InChI=1S/C14H26.2C2H6/c1-6-11-7-12-8-13(10(11)4)14(12,5)9(2)3;2*1-2/h9-13H,6-8H2,1-5H3;2*1-2H3/t10-,11+,12?,13?,14?;;/m1../s1. The van der Waals surface area contributed by atoms with Crippen LogP contribution >= 0.6 is 0 Å². The lowest BCUT2D eigenvalue weighted by Gasteiger charge is -2.65. The summed E-state index contributed by atoms with van der Waals surface area (Å²) in [6, 6.07) is 0. The van der Waals surface area contributed by atoms with Gasteiger partial charge in [-0.25, -0.2) is 0 Å². The Kier molecular flexibility index (Phi) is 7.56. The zero-order valence-electron chi connectivity index (χ0n) is 14.5. The summed E-state index contributed by atoms with van der Waals surface area (Å²) >= 11 is 0. The molecule has 2 bridgehead atoms. The van der Waals surface area contributed by atoms with E-state index in [0.29, 0.717) is 5.41 Å². The highest BCUT2D eigenvalue weighted by atomic mass is 14.6. The van der Waals surface area contributed by atoms with Crippen LogP contribution in [0.4, 0.5) is 0 Å². The summed E-state index contributed by atoms with van der Waals surface area (Å²) < 4.78 is 0. The van der Waals surface area contributed by atoms with Crippen molar-refractivity contribution in [2.45, 2.75) is 81.6 Å². The maximum atomic E-state index is 2.55. The molecular weight excluding hydrogens is 216 g/mol. The average molecular weight is 255 g/mol. The van der Waals surface area contributed by atoms with Crippen LogP contribution in [0.25, 0.3) is 0 Å². The summed E-state index contributed by atoms with van der Waals surface area (Å²) in [6.45, 7) is 20.3. The summed E-state index contributed by atoms with van der Waals surface area (Å²) in [5.41, 5.74) is 0.686. The van der Waals surface area contributed by atoms with Gasteiger partial charge in [0, 0.05) is 0 Å². The Morgan fingerprint density at radius 1 is 1.06 bits per heavy atom. The first-order chi connectivity index (χ1) is 8.51. The molecule has 3 aliphatic carbocycles. The van der Waals surface area contributed by atoms with Crippen LogP contribution in [-0.4, -0.2) is 0 Å². The van der Waals surface area contributed by atoms with Gasteiger partial charge in [0.1, 0.15) is 0 Å². The Hall–Kier alpha value is 0. The molecule has 0 heterocycles. The van der Waals surface area contributed by atoms with Crippen molar-refractivity contribution in [3.63, 3.8) is 0 Å². The van der Waals surface area contributed by atoms with Crippen molar-refractivity contribution in [2.24, 2.45) is 35.0 Å². The summed E-state index contributed by atoms with van der Waals surface area (Å²) in [5, 5.41) is 0. The number of hydrogen-bond donors (Lipinski definition) is 0. The van der Waals surface area contributed by atoms with E-state index in [1.807, 2.05) is 27.7 Å². The second kappa shape index (κ2) is 7.56. The van der Waals surface area contributed by atoms with Gasteiger partial charge in [0.25, 0.3) is 0 Å². The summed E-state index contributed by atoms with van der Waals surface area (Å²) in [7, 11) is 0. The molecule has 0 heteroatoms. The highest BCUT2D eigenvalue weighted by Crippen LogP contribution is 2.66. The minimum atomic E-state index is 0.686. The van der Waals surface area contributed by atoms with Crippen molar-refractivity contribution >= 4 is 0 Å². The summed E-state index contributed by atoms with van der Waals surface area (Å²) in [4.78, 5) is 0. The maximum absolute atomic E-state index is 2.55. The fourth-order valence-corrected chi connectivity index (χ4v) is 4.43. The van der Waals surface area contributed by atoms with E-state index in [9.17, 15) is 0 Å². The van der Waals surface area contributed by atoms with Gasteiger partial charge in [-0.15, -0.1) is 0 Å². The van der Waals surface area contributed by atoms with Gasteiger partial charge < -0.3 is 0 Å². The van der Waals surface area contributed by atoms with Crippen molar-refractivity contribution in [1.29, 1.82) is 0 Å². The van der Waals surface area contributed by atoms with Crippen LogP contribution in [0.2, 0.25) is 0 Å². The van der Waals surface area contributed by atoms with E-state index in [1.54, 1.807) is 0 Å². The third-order valence-corrected chi connectivity index (χ3v) is 5.95. The first-order valence-corrected chi connectivity index (χ1v) is 8.51. The van der Waals surface area contributed by atoms with Crippen molar-refractivity contribution in [3.8, 4) is 0 Å². The minimum absolute atomic E-state index is 0.686. The van der Waals surface area contributed by atoms with Crippen LogP contribution < -0.4 is 0 Å². The van der Waals surface area contributed by atoms with E-state index in [0.717, 1.165) is 29.6 Å². The zero-order valence-corrected chi connectivity index (χ0v) is 14.5. The molecule has 110 valence electrons. The van der Waals surface area contributed by atoms with E-state index < -0.39 is 0 Å². The smallest absolute Gasteiger partial charge is 0.0243 e. The topological polar surface area (TPSA) is 0 Å². The van der Waals surface area contributed by atoms with E-state index >= 15 is 0 Å². The maximum Gasteiger partial charge on any atom is -0.0243 e. The fourth-order valence-electron chi connectivity index (χ4n) is 4.43. The zero-order chi connectivity index (χ0) is 14.5. The lowest BCUT2D eigenvalue weighted by atomic mass is 9.40. The van der Waals surface area contributed by atoms with Crippen molar-refractivity contribution in [2.75, 3.05) is 0 Å². The molecule has 3 unspecified atom stereocenters. The van der Waals surface area contributed by atoms with Crippen molar-refractivity contribution in [1.82, 2.24) is 0 Å². The molecule has 3 aliphatic rings. The molecule has 3 rings (SSSR count). The molecule has 0 radical (unpaired) electrons. The Morgan fingerprint density at radius 2 is 1.56 bits per heavy atom. The Balaban J connectivity index is 0.000000659. The van der Waals surface area contributed by atoms with Crippen LogP contribution in [0.15, 0.2) is 0 Å². The van der Waals surface area contributed by atoms with Gasteiger partial charge in [0.15, 0.2) is 0 Å². The monoisotopic (exact) mass is 254 g/mol. The lowest BCUT2D eigenvalue weighted by Crippen LogP contribution is -2.58. The van der Waals surface area contributed by atoms with Gasteiger partial charge in [-0.3, -0.25) is 0 Å². The van der Waals surface area contributed by atoms with Gasteiger partial charge in [-0.2, -0.15) is 0 Å². The SMILES string of the molecule is CC.CC.CC[C@H]1CC2CC([C@@H]1C)C2(C)C(C)C. The third kappa shape index (κ3) is 2.78. The molecular formula is C18H38. The van der Waals surface area contributed by atoms with Gasteiger partial charge in [-0.05, 0) is 47.8 Å². The Morgan fingerprint density at radius 3 is 1.89 bits per heavy atom. The summed E-state index contributed by atoms with van der Waals surface area (Å²) in [5.74, 6) is 4.98. The molecule has 0 spiro atoms. The van der Waals surface area contributed by atoms with Crippen LogP contribution in [-0.2, 0) is 0 Å². The molecule has 3 fully saturated rings. The van der Waals surface area contributed by atoms with Crippen LogP contribution in [0.1, 0.15) is 81.6 Å². The van der Waals surface area contributed by atoms with Gasteiger partial charge in [0.2, 0.25) is 0 Å². The van der Waals surface area contributed by atoms with Crippen molar-refractivity contribution in [3.05, 3.63) is 0 Å². The molecule has 0 aromatic heterocycles. The van der Waals surface area contributed by atoms with E-state index in [-0.39, 0.29) is 0 Å². The predicted molar refractivity (Wildman–Crippen MR) is 84.8 cm³/mol. The molecule has 0 aromatic carbocycles. The molecule has 18 heavy (non-hydrogen) atoms. The second-order valence-electron chi connectivity index (χ2n) is 6.32. The first-order valence-electron chi connectivity index (χ1n) is 8.51. The molecule has 0 nitrogen and oxygen atoms in total.